The average molecular weight is 370 g/mol. The minimum absolute atomic E-state index is 0.288. The van der Waals surface area contributed by atoms with Gasteiger partial charge in [-0.25, -0.2) is 0 Å². The van der Waals surface area contributed by atoms with Crippen molar-refractivity contribution >= 4 is 23.3 Å². The lowest BCUT2D eigenvalue weighted by atomic mass is 10.0. The summed E-state index contributed by atoms with van der Waals surface area (Å²) in [7, 11) is 0. The van der Waals surface area contributed by atoms with Crippen LogP contribution >= 0.6 is 0 Å². The lowest BCUT2D eigenvalue weighted by Crippen LogP contribution is -2.36. The molecule has 27 heavy (non-hydrogen) atoms. The summed E-state index contributed by atoms with van der Waals surface area (Å²) in [6, 6.07) is 13.6. The molecule has 1 unspecified atom stereocenters. The van der Waals surface area contributed by atoms with E-state index in [-0.39, 0.29) is 12.3 Å². The first-order valence-electron chi connectivity index (χ1n) is 8.83. The molecule has 144 valence electrons. The number of benzene rings is 2. The van der Waals surface area contributed by atoms with Gasteiger partial charge in [-0.2, -0.15) is 0 Å². The molecule has 2 aromatic carbocycles. The Balaban J connectivity index is 1.81. The summed E-state index contributed by atoms with van der Waals surface area (Å²) in [5.74, 6) is -1.35. The number of amides is 1. The molecule has 7 heteroatoms. The lowest BCUT2D eigenvalue weighted by molar-refractivity contribution is -0.138. The van der Waals surface area contributed by atoms with Crippen LogP contribution in [-0.2, 0) is 16.0 Å². The number of carbonyl (C=O) groups excluding carboxylic acids is 1. The predicted molar refractivity (Wildman–Crippen MR) is 106 cm³/mol. The smallest absolute Gasteiger partial charge is 0.320 e. The van der Waals surface area contributed by atoms with Gasteiger partial charge in [0.2, 0.25) is 5.91 Å². The summed E-state index contributed by atoms with van der Waals surface area (Å²) in [5.41, 5.74) is 20.6. The van der Waals surface area contributed by atoms with Gasteiger partial charge in [-0.1, -0.05) is 24.3 Å². The Labute approximate surface area is 158 Å². The quantitative estimate of drug-likeness (QED) is 0.425. The van der Waals surface area contributed by atoms with Crippen LogP contribution in [-0.4, -0.2) is 29.1 Å². The summed E-state index contributed by atoms with van der Waals surface area (Å²) in [6.07, 6.45) is 1.92. The van der Waals surface area contributed by atoms with E-state index in [4.69, 9.17) is 22.3 Å². The van der Waals surface area contributed by atoms with E-state index < -0.39 is 18.1 Å². The van der Waals surface area contributed by atoms with Crippen molar-refractivity contribution in [3.05, 3.63) is 59.7 Å². The SMILES string of the molecule is Nc1ccc(Cc2ccc(NC(=O)C(N)CCC[C@H](N)C(=O)O)cc2)cc1. The maximum absolute atomic E-state index is 12.1. The molecule has 8 N–H and O–H groups in total. The summed E-state index contributed by atoms with van der Waals surface area (Å²) in [4.78, 5) is 22.8. The molecular weight excluding hydrogens is 344 g/mol. The number of nitrogens with two attached hydrogens (primary N) is 3. The minimum Gasteiger partial charge on any atom is -0.480 e. The first-order valence-corrected chi connectivity index (χ1v) is 8.83. The van der Waals surface area contributed by atoms with Crippen LogP contribution in [0.1, 0.15) is 30.4 Å². The normalized spacial score (nSPS) is 13.0. The second-order valence-corrected chi connectivity index (χ2v) is 6.59. The number of nitrogens with one attached hydrogen (secondary N) is 1. The van der Waals surface area contributed by atoms with Gasteiger partial charge in [0.25, 0.3) is 0 Å². The highest BCUT2D eigenvalue weighted by atomic mass is 16.4. The highest BCUT2D eigenvalue weighted by Crippen LogP contribution is 2.15. The van der Waals surface area contributed by atoms with Gasteiger partial charge in [-0.05, 0) is 61.1 Å². The average Bonchev–Trinajstić information content (AvgIpc) is 2.64. The van der Waals surface area contributed by atoms with Crippen molar-refractivity contribution in [3.63, 3.8) is 0 Å². The zero-order chi connectivity index (χ0) is 19.8. The molecule has 0 aromatic heterocycles. The molecule has 0 bridgehead atoms. The van der Waals surface area contributed by atoms with Gasteiger partial charge >= 0.3 is 5.97 Å². The number of carboxylic acids is 1. The number of nitrogen functional groups attached to an aromatic ring is 1. The van der Waals surface area contributed by atoms with E-state index in [0.29, 0.717) is 18.5 Å². The first kappa shape index (κ1) is 20.4. The predicted octanol–water partition coefficient (Wildman–Crippen LogP) is 1.71. The second-order valence-electron chi connectivity index (χ2n) is 6.59. The van der Waals surface area contributed by atoms with Crippen LogP contribution in [0.3, 0.4) is 0 Å². The molecule has 2 rings (SSSR count). The number of hydrogen-bond acceptors (Lipinski definition) is 5. The van der Waals surface area contributed by atoms with E-state index >= 15 is 0 Å². The van der Waals surface area contributed by atoms with Crippen LogP contribution in [0.2, 0.25) is 0 Å². The Kier molecular flexibility index (Phi) is 7.34. The maximum Gasteiger partial charge on any atom is 0.320 e. The Morgan fingerprint density at radius 1 is 0.889 bits per heavy atom. The third-order valence-electron chi connectivity index (χ3n) is 4.29. The van der Waals surface area contributed by atoms with Gasteiger partial charge in [0, 0.05) is 11.4 Å². The third-order valence-corrected chi connectivity index (χ3v) is 4.29. The monoisotopic (exact) mass is 370 g/mol. The molecule has 0 spiro atoms. The van der Waals surface area contributed by atoms with Gasteiger partial charge in [-0.15, -0.1) is 0 Å². The number of hydrogen-bond donors (Lipinski definition) is 5. The van der Waals surface area contributed by atoms with Crippen molar-refractivity contribution in [1.82, 2.24) is 0 Å². The molecule has 0 saturated carbocycles. The molecular formula is C20H26N4O3. The van der Waals surface area contributed by atoms with Crippen molar-refractivity contribution in [2.24, 2.45) is 11.5 Å². The highest BCUT2D eigenvalue weighted by Gasteiger charge is 2.16. The zero-order valence-corrected chi connectivity index (χ0v) is 15.1. The number of carbonyl (C=O) groups is 2. The highest BCUT2D eigenvalue weighted by molar-refractivity contribution is 5.94. The van der Waals surface area contributed by atoms with E-state index in [1.807, 2.05) is 48.5 Å². The van der Waals surface area contributed by atoms with Crippen molar-refractivity contribution in [2.45, 2.75) is 37.8 Å². The van der Waals surface area contributed by atoms with Crippen LogP contribution in [0.25, 0.3) is 0 Å². The Morgan fingerprint density at radius 3 is 1.96 bits per heavy atom. The lowest BCUT2D eigenvalue weighted by Gasteiger charge is -2.13. The summed E-state index contributed by atoms with van der Waals surface area (Å²) < 4.78 is 0. The van der Waals surface area contributed by atoms with Crippen LogP contribution in [0.15, 0.2) is 48.5 Å². The van der Waals surface area contributed by atoms with Crippen molar-refractivity contribution in [1.29, 1.82) is 0 Å². The molecule has 2 atom stereocenters. The van der Waals surface area contributed by atoms with E-state index in [1.54, 1.807) is 0 Å². The molecule has 0 aliphatic carbocycles. The van der Waals surface area contributed by atoms with E-state index in [1.165, 1.54) is 0 Å². The topological polar surface area (TPSA) is 144 Å². The zero-order valence-electron chi connectivity index (χ0n) is 15.1. The molecule has 0 radical (unpaired) electrons. The van der Waals surface area contributed by atoms with Crippen LogP contribution in [0.4, 0.5) is 11.4 Å². The standard InChI is InChI=1S/C20H26N4O3/c21-15-8-4-13(5-9-15)12-14-6-10-16(11-7-14)24-19(25)17(22)2-1-3-18(23)20(26)27/h4-11,17-18H,1-3,12,21-23H2,(H,24,25)(H,26,27)/t17?,18-/m0/s1. The minimum atomic E-state index is -1.05. The number of aliphatic carboxylic acids is 1. The Bertz CT molecular complexity index is 760. The van der Waals surface area contributed by atoms with Crippen LogP contribution in [0, 0.1) is 0 Å². The largest absolute Gasteiger partial charge is 0.480 e. The van der Waals surface area contributed by atoms with Gasteiger partial charge < -0.3 is 27.6 Å². The third kappa shape index (κ3) is 6.73. The van der Waals surface area contributed by atoms with E-state index in [2.05, 4.69) is 5.32 Å². The first-order chi connectivity index (χ1) is 12.8. The number of carboxylic acid groups (broad SMARTS) is 1. The van der Waals surface area contributed by atoms with Crippen molar-refractivity contribution < 1.29 is 14.7 Å². The molecule has 0 fully saturated rings. The number of rotatable bonds is 9. The summed E-state index contributed by atoms with van der Waals surface area (Å²) in [6.45, 7) is 0. The van der Waals surface area contributed by atoms with Crippen molar-refractivity contribution in [2.75, 3.05) is 11.1 Å². The molecule has 7 nitrogen and oxygen atoms in total. The molecule has 0 aliphatic heterocycles. The molecule has 0 heterocycles. The fraction of sp³-hybridized carbons (Fsp3) is 0.300. The molecule has 0 saturated heterocycles. The summed E-state index contributed by atoms with van der Waals surface area (Å²) >= 11 is 0. The molecule has 1 amide bonds. The Hall–Kier alpha value is -2.90. The molecule has 2 aromatic rings. The van der Waals surface area contributed by atoms with E-state index in [9.17, 15) is 9.59 Å². The van der Waals surface area contributed by atoms with Gasteiger partial charge in [0.05, 0.1) is 6.04 Å². The maximum atomic E-state index is 12.1. The van der Waals surface area contributed by atoms with Crippen LogP contribution < -0.4 is 22.5 Å². The fourth-order valence-electron chi connectivity index (χ4n) is 2.62. The second kappa shape index (κ2) is 9.70. The van der Waals surface area contributed by atoms with Gasteiger partial charge in [0.1, 0.15) is 6.04 Å². The summed E-state index contributed by atoms with van der Waals surface area (Å²) in [5, 5.41) is 11.5. The molecule has 0 aliphatic rings. The van der Waals surface area contributed by atoms with Gasteiger partial charge in [-0.3, -0.25) is 9.59 Å². The fourth-order valence-corrected chi connectivity index (χ4v) is 2.62. The van der Waals surface area contributed by atoms with Crippen LogP contribution in [0.5, 0.6) is 0 Å². The van der Waals surface area contributed by atoms with Crippen molar-refractivity contribution in [3.8, 4) is 0 Å². The Morgan fingerprint density at radius 2 is 1.41 bits per heavy atom. The number of anilines is 2. The van der Waals surface area contributed by atoms with E-state index in [0.717, 1.165) is 23.2 Å². The van der Waals surface area contributed by atoms with Gasteiger partial charge in [0.15, 0.2) is 0 Å².